The van der Waals surface area contributed by atoms with Crippen LogP contribution in [0.2, 0.25) is 0 Å². The van der Waals surface area contributed by atoms with Crippen molar-refractivity contribution in [1.82, 2.24) is 0 Å². The Morgan fingerprint density at radius 1 is 1.08 bits per heavy atom. The first-order valence-corrected chi connectivity index (χ1v) is 7.81. The average molecular weight is 338 g/mol. The summed E-state index contributed by atoms with van der Waals surface area (Å²) in [5, 5.41) is 30.0. The zero-order valence-electron chi connectivity index (χ0n) is 13.9. The molecule has 5 heteroatoms. The average Bonchev–Trinajstić information content (AvgIpc) is 2.57. The number of phenolic OH excluding ortho intramolecular Hbond substituents is 2. The summed E-state index contributed by atoms with van der Waals surface area (Å²) in [6.45, 7) is 3.92. The quantitative estimate of drug-likeness (QED) is 0.626. The molecule has 25 heavy (non-hydrogen) atoms. The number of hydrogen-bond donors (Lipinski definition) is 3. The third-order valence-corrected chi connectivity index (χ3v) is 3.92. The first-order valence-electron chi connectivity index (χ1n) is 7.81. The van der Waals surface area contributed by atoms with Gasteiger partial charge in [-0.3, -0.25) is 4.79 Å². The van der Waals surface area contributed by atoms with E-state index >= 15 is 0 Å². The summed E-state index contributed by atoms with van der Waals surface area (Å²) in [6, 6.07) is 8.81. The number of aromatic hydroxyl groups is 3. The molecule has 0 aliphatic carbocycles. The third-order valence-electron chi connectivity index (χ3n) is 3.92. The molecule has 0 atom stereocenters. The van der Waals surface area contributed by atoms with Gasteiger partial charge in [-0.25, -0.2) is 0 Å². The van der Waals surface area contributed by atoms with Gasteiger partial charge in [-0.05, 0) is 56.2 Å². The second-order valence-electron chi connectivity index (χ2n) is 6.12. The van der Waals surface area contributed by atoms with Crippen molar-refractivity contribution in [3.63, 3.8) is 0 Å². The van der Waals surface area contributed by atoms with E-state index in [2.05, 4.69) is 0 Å². The Labute approximate surface area is 144 Å². The summed E-state index contributed by atoms with van der Waals surface area (Å²) >= 11 is 0. The van der Waals surface area contributed by atoms with Gasteiger partial charge in [-0.1, -0.05) is 11.6 Å². The molecule has 0 aliphatic rings. The minimum Gasteiger partial charge on any atom is -0.508 e. The fourth-order valence-electron chi connectivity index (χ4n) is 2.57. The van der Waals surface area contributed by atoms with E-state index in [1.54, 1.807) is 12.1 Å². The lowest BCUT2D eigenvalue weighted by atomic mass is 10.0. The molecule has 0 spiro atoms. The van der Waals surface area contributed by atoms with E-state index in [0.29, 0.717) is 17.5 Å². The Bertz CT molecular complexity index is 1040. The van der Waals surface area contributed by atoms with Crippen molar-refractivity contribution in [2.45, 2.75) is 20.3 Å². The van der Waals surface area contributed by atoms with Crippen molar-refractivity contribution in [1.29, 1.82) is 0 Å². The van der Waals surface area contributed by atoms with Gasteiger partial charge in [0.05, 0.1) is 5.39 Å². The van der Waals surface area contributed by atoms with Crippen molar-refractivity contribution < 1.29 is 19.7 Å². The zero-order valence-corrected chi connectivity index (χ0v) is 13.9. The lowest BCUT2D eigenvalue weighted by Gasteiger charge is -2.09. The van der Waals surface area contributed by atoms with E-state index < -0.39 is 11.2 Å². The molecule has 0 unspecified atom stereocenters. The van der Waals surface area contributed by atoms with Gasteiger partial charge in [0.25, 0.3) is 0 Å². The van der Waals surface area contributed by atoms with Crippen LogP contribution < -0.4 is 5.43 Å². The fraction of sp³-hybridized carbons (Fsp3) is 0.150. The zero-order chi connectivity index (χ0) is 18.1. The second kappa shape index (κ2) is 6.36. The van der Waals surface area contributed by atoms with Gasteiger partial charge in [0, 0.05) is 11.6 Å². The van der Waals surface area contributed by atoms with Crippen molar-refractivity contribution in [2.75, 3.05) is 0 Å². The summed E-state index contributed by atoms with van der Waals surface area (Å²) in [7, 11) is 0. The first kappa shape index (κ1) is 16.6. The molecule has 3 rings (SSSR count). The summed E-state index contributed by atoms with van der Waals surface area (Å²) in [5.41, 5.74) is 1.83. The Kier molecular flexibility index (Phi) is 4.23. The van der Waals surface area contributed by atoms with Crippen molar-refractivity contribution in [3.8, 4) is 28.6 Å². The van der Waals surface area contributed by atoms with E-state index in [9.17, 15) is 20.1 Å². The standard InChI is InChI=1S/C20H18O5/c1-11(2)3-4-12-9-13(5-8-16(12)22)20-19(24)18(23)15-7-6-14(21)10-17(15)25-20/h3,5-10,21-22,24H,4H2,1-2H3. The highest BCUT2D eigenvalue weighted by atomic mass is 16.4. The van der Waals surface area contributed by atoms with Crippen molar-refractivity contribution in [3.05, 3.63) is 63.8 Å². The topological polar surface area (TPSA) is 90.9 Å². The molecule has 0 radical (unpaired) electrons. The van der Waals surface area contributed by atoms with Crippen LogP contribution in [-0.2, 0) is 6.42 Å². The van der Waals surface area contributed by atoms with Gasteiger partial charge in [0.1, 0.15) is 17.1 Å². The number of allylic oxidation sites excluding steroid dienone is 2. The van der Waals surface area contributed by atoms with Gasteiger partial charge < -0.3 is 19.7 Å². The Hall–Kier alpha value is -3.21. The molecule has 1 heterocycles. The molecule has 0 aliphatic heterocycles. The summed E-state index contributed by atoms with van der Waals surface area (Å²) in [6.07, 6.45) is 2.48. The first-order chi connectivity index (χ1) is 11.9. The van der Waals surface area contributed by atoms with E-state index in [0.717, 1.165) is 5.57 Å². The van der Waals surface area contributed by atoms with Crippen LogP contribution in [0.1, 0.15) is 19.4 Å². The number of benzene rings is 2. The van der Waals surface area contributed by atoms with E-state index in [1.807, 2.05) is 19.9 Å². The van der Waals surface area contributed by atoms with Crippen LogP contribution >= 0.6 is 0 Å². The van der Waals surface area contributed by atoms with Crippen LogP contribution in [0.15, 0.2) is 57.3 Å². The molecule has 2 aromatic carbocycles. The highest BCUT2D eigenvalue weighted by Gasteiger charge is 2.16. The van der Waals surface area contributed by atoms with E-state index in [-0.39, 0.29) is 28.2 Å². The van der Waals surface area contributed by atoms with Crippen LogP contribution in [0.4, 0.5) is 0 Å². The van der Waals surface area contributed by atoms with Gasteiger partial charge >= 0.3 is 0 Å². The fourth-order valence-corrected chi connectivity index (χ4v) is 2.57. The Balaban J connectivity index is 2.19. The lowest BCUT2D eigenvalue weighted by Crippen LogP contribution is -2.02. The summed E-state index contributed by atoms with van der Waals surface area (Å²) in [4.78, 5) is 12.4. The molecule has 1 aromatic heterocycles. The Morgan fingerprint density at radius 2 is 1.84 bits per heavy atom. The van der Waals surface area contributed by atoms with E-state index in [4.69, 9.17) is 4.42 Å². The molecule has 0 fully saturated rings. The highest BCUT2D eigenvalue weighted by Crippen LogP contribution is 2.33. The summed E-state index contributed by atoms with van der Waals surface area (Å²) in [5.74, 6) is -0.414. The molecule has 5 nitrogen and oxygen atoms in total. The predicted octanol–water partition coefficient (Wildman–Crippen LogP) is 4.09. The molecule has 3 aromatic rings. The lowest BCUT2D eigenvalue weighted by molar-refractivity contribution is 0.447. The van der Waals surface area contributed by atoms with Gasteiger partial charge in [0.2, 0.25) is 11.2 Å². The summed E-state index contributed by atoms with van der Waals surface area (Å²) < 4.78 is 5.65. The minimum atomic E-state index is -0.574. The Morgan fingerprint density at radius 3 is 2.56 bits per heavy atom. The number of hydrogen-bond acceptors (Lipinski definition) is 5. The minimum absolute atomic E-state index is 0.00144. The third kappa shape index (κ3) is 3.21. The molecular formula is C20H18O5. The largest absolute Gasteiger partial charge is 0.508 e. The molecule has 3 N–H and O–H groups in total. The molecule has 0 amide bonds. The molecule has 0 saturated heterocycles. The smallest absolute Gasteiger partial charge is 0.235 e. The van der Waals surface area contributed by atoms with Gasteiger partial charge in [-0.15, -0.1) is 0 Å². The molecule has 0 bridgehead atoms. The van der Waals surface area contributed by atoms with Gasteiger partial charge in [-0.2, -0.15) is 0 Å². The second-order valence-corrected chi connectivity index (χ2v) is 6.12. The number of fused-ring (bicyclic) bond motifs is 1. The van der Waals surface area contributed by atoms with Gasteiger partial charge in [0.15, 0.2) is 5.76 Å². The maximum atomic E-state index is 12.4. The molecular weight excluding hydrogens is 320 g/mol. The van der Waals surface area contributed by atoms with Crippen LogP contribution in [0, 0.1) is 0 Å². The maximum Gasteiger partial charge on any atom is 0.235 e. The number of rotatable bonds is 3. The highest BCUT2D eigenvalue weighted by molar-refractivity contribution is 5.83. The molecule has 0 saturated carbocycles. The SMILES string of the molecule is CC(C)=CCc1cc(-c2oc3cc(O)ccc3c(=O)c2O)ccc1O. The van der Waals surface area contributed by atoms with E-state index in [1.165, 1.54) is 24.3 Å². The van der Waals surface area contributed by atoms with Crippen LogP contribution in [0.3, 0.4) is 0 Å². The van der Waals surface area contributed by atoms with Crippen molar-refractivity contribution in [2.24, 2.45) is 0 Å². The van der Waals surface area contributed by atoms with Crippen LogP contribution in [0.5, 0.6) is 17.2 Å². The normalized spacial score (nSPS) is 10.8. The monoisotopic (exact) mass is 338 g/mol. The van der Waals surface area contributed by atoms with Crippen molar-refractivity contribution >= 4 is 11.0 Å². The van der Waals surface area contributed by atoms with Crippen LogP contribution in [-0.4, -0.2) is 15.3 Å². The predicted molar refractivity (Wildman–Crippen MR) is 96.0 cm³/mol. The van der Waals surface area contributed by atoms with Crippen LogP contribution in [0.25, 0.3) is 22.3 Å². The number of phenols is 2. The molecule has 128 valence electrons. The maximum absolute atomic E-state index is 12.4.